The Hall–Kier alpha value is -1.40. The summed E-state index contributed by atoms with van der Waals surface area (Å²) in [5, 5.41) is 4.75. The van der Waals surface area contributed by atoms with E-state index >= 15 is 0 Å². The van der Waals surface area contributed by atoms with Gasteiger partial charge in [0.05, 0.1) is 5.39 Å². The van der Waals surface area contributed by atoms with E-state index in [0.717, 1.165) is 28.5 Å². The number of aromatic nitrogens is 2. The molecule has 1 unspecified atom stereocenters. The topological polar surface area (TPSA) is 67.1 Å². The predicted molar refractivity (Wildman–Crippen MR) is 83.1 cm³/mol. The normalized spacial score (nSPS) is 28.9. The second-order valence-corrected chi connectivity index (χ2v) is 7.13. The third kappa shape index (κ3) is 2.03. The van der Waals surface area contributed by atoms with E-state index < -0.39 is 0 Å². The average Bonchev–Trinajstić information content (AvgIpc) is 2.80. The molecule has 5 rings (SSSR count). The first kappa shape index (κ1) is 12.3. The third-order valence-electron chi connectivity index (χ3n) is 4.51. The lowest BCUT2D eigenvalue weighted by Crippen LogP contribution is -2.53. The molecule has 5 nitrogen and oxygen atoms in total. The summed E-state index contributed by atoms with van der Waals surface area (Å²) in [6, 6.07) is 2.65. The van der Waals surface area contributed by atoms with E-state index in [9.17, 15) is 0 Å². The second kappa shape index (κ2) is 4.56. The molecule has 0 radical (unpaired) electrons. The molecule has 3 aliphatic heterocycles. The molecule has 1 atom stereocenters. The standard InChI is InChI=1S/C14H19N5S/c1-8-6-10-12(17-14(15)18-13(10)20-8)16-11-7-19-4-2-9(11)3-5-19/h6,9,11H,2-5,7H2,1H3,(H3,15,16,17,18). The Balaban J connectivity index is 1.68. The largest absolute Gasteiger partial charge is 0.368 e. The Morgan fingerprint density at radius 1 is 1.35 bits per heavy atom. The molecule has 0 saturated carbocycles. The van der Waals surface area contributed by atoms with Crippen LogP contribution in [0.5, 0.6) is 0 Å². The van der Waals surface area contributed by atoms with E-state index in [1.165, 1.54) is 30.8 Å². The number of thiophene rings is 1. The molecule has 0 amide bonds. The number of nitrogens with two attached hydrogens (primary N) is 1. The van der Waals surface area contributed by atoms with Crippen LogP contribution in [-0.4, -0.2) is 40.5 Å². The molecule has 6 heteroatoms. The van der Waals surface area contributed by atoms with Gasteiger partial charge in [-0.3, -0.25) is 0 Å². The minimum Gasteiger partial charge on any atom is -0.368 e. The molecular weight excluding hydrogens is 270 g/mol. The van der Waals surface area contributed by atoms with Gasteiger partial charge in [0.1, 0.15) is 10.6 Å². The Bertz CT molecular complexity index is 644. The molecule has 5 heterocycles. The Morgan fingerprint density at radius 2 is 2.15 bits per heavy atom. The summed E-state index contributed by atoms with van der Waals surface area (Å²) < 4.78 is 0. The molecule has 0 aromatic carbocycles. The highest BCUT2D eigenvalue weighted by atomic mass is 32.1. The molecule has 2 aromatic rings. The van der Waals surface area contributed by atoms with Crippen molar-refractivity contribution in [3.05, 3.63) is 10.9 Å². The number of hydrogen-bond acceptors (Lipinski definition) is 6. The molecule has 20 heavy (non-hydrogen) atoms. The highest BCUT2D eigenvalue weighted by Crippen LogP contribution is 2.33. The van der Waals surface area contributed by atoms with E-state index in [4.69, 9.17) is 5.73 Å². The Kier molecular flexibility index (Phi) is 2.82. The summed E-state index contributed by atoms with van der Waals surface area (Å²) in [6.45, 7) is 5.73. The lowest BCUT2D eigenvalue weighted by molar-refractivity contribution is 0.0974. The van der Waals surface area contributed by atoms with Crippen LogP contribution < -0.4 is 11.1 Å². The highest BCUT2D eigenvalue weighted by Gasteiger charge is 2.34. The van der Waals surface area contributed by atoms with E-state index in [1.807, 2.05) is 0 Å². The van der Waals surface area contributed by atoms with Crippen molar-refractivity contribution in [1.82, 2.24) is 14.9 Å². The monoisotopic (exact) mass is 289 g/mol. The number of fused-ring (bicyclic) bond motifs is 4. The van der Waals surface area contributed by atoms with Gasteiger partial charge < -0.3 is 16.0 Å². The summed E-state index contributed by atoms with van der Waals surface area (Å²) in [7, 11) is 0. The van der Waals surface area contributed by atoms with E-state index in [1.54, 1.807) is 11.3 Å². The first-order valence-corrected chi connectivity index (χ1v) is 8.03. The fourth-order valence-corrected chi connectivity index (χ4v) is 4.36. The van der Waals surface area contributed by atoms with Crippen molar-refractivity contribution >= 4 is 33.3 Å². The van der Waals surface area contributed by atoms with Crippen LogP contribution in [0.3, 0.4) is 0 Å². The zero-order chi connectivity index (χ0) is 13.7. The molecule has 2 bridgehead atoms. The van der Waals surface area contributed by atoms with E-state index in [0.29, 0.717) is 12.0 Å². The van der Waals surface area contributed by atoms with Crippen molar-refractivity contribution in [2.75, 3.05) is 30.7 Å². The van der Waals surface area contributed by atoms with Crippen molar-refractivity contribution in [3.8, 4) is 0 Å². The van der Waals surface area contributed by atoms with Crippen LogP contribution in [0.4, 0.5) is 11.8 Å². The molecule has 0 spiro atoms. The van der Waals surface area contributed by atoms with Gasteiger partial charge in [-0.05, 0) is 44.8 Å². The lowest BCUT2D eigenvalue weighted by Gasteiger charge is -2.45. The van der Waals surface area contributed by atoms with E-state index in [-0.39, 0.29) is 0 Å². The first-order chi connectivity index (χ1) is 9.69. The Morgan fingerprint density at radius 3 is 2.85 bits per heavy atom. The number of nitrogen functional groups attached to an aromatic ring is 1. The maximum Gasteiger partial charge on any atom is 0.223 e. The molecule has 2 aromatic heterocycles. The number of piperidine rings is 3. The number of hydrogen-bond donors (Lipinski definition) is 2. The SMILES string of the molecule is Cc1cc2c(NC3CN4CCC3CC4)nc(N)nc2s1. The van der Waals surface area contributed by atoms with Crippen molar-refractivity contribution < 1.29 is 0 Å². The van der Waals surface area contributed by atoms with Crippen LogP contribution in [0.1, 0.15) is 17.7 Å². The molecule has 3 N–H and O–H groups in total. The molecule has 3 aliphatic rings. The van der Waals surface area contributed by atoms with Gasteiger partial charge in [0, 0.05) is 17.5 Å². The summed E-state index contributed by atoms with van der Waals surface area (Å²) in [6.07, 6.45) is 2.59. The van der Waals surface area contributed by atoms with Gasteiger partial charge in [-0.25, -0.2) is 4.98 Å². The second-order valence-electron chi connectivity index (χ2n) is 5.90. The van der Waals surface area contributed by atoms with Gasteiger partial charge in [-0.15, -0.1) is 11.3 Å². The maximum atomic E-state index is 5.85. The van der Waals surface area contributed by atoms with Gasteiger partial charge in [0.2, 0.25) is 5.95 Å². The van der Waals surface area contributed by atoms with Gasteiger partial charge in [0.25, 0.3) is 0 Å². The number of nitrogens with zero attached hydrogens (tertiary/aromatic N) is 3. The lowest BCUT2D eigenvalue weighted by atomic mass is 9.84. The minimum atomic E-state index is 0.364. The predicted octanol–water partition coefficient (Wildman–Crippen LogP) is 2.09. The molecule has 3 saturated heterocycles. The van der Waals surface area contributed by atoms with Crippen molar-refractivity contribution in [3.63, 3.8) is 0 Å². The van der Waals surface area contributed by atoms with Gasteiger partial charge in [-0.2, -0.15) is 4.98 Å². The number of nitrogens with one attached hydrogen (secondary N) is 1. The van der Waals surface area contributed by atoms with Crippen LogP contribution in [-0.2, 0) is 0 Å². The smallest absolute Gasteiger partial charge is 0.223 e. The van der Waals surface area contributed by atoms with E-state index in [2.05, 4.69) is 33.2 Å². The average molecular weight is 289 g/mol. The zero-order valence-corrected chi connectivity index (χ0v) is 12.4. The maximum absolute atomic E-state index is 5.85. The van der Waals surface area contributed by atoms with Crippen molar-refractivity contribution in [2.24, 2.45) is 5.92 Å². The first-order valence-electron chi connectivity index (χ1n) is 7.21. The number of aryl methyl sites for hydroxylation is 1. The summed E-state index contributed by atoms with van der Waals surface area (Å²) in [5.41, 5.74) is 5.85. The fraction of sp³-hybridized carbons (Fsp3) is 0.571. The molecule has 0 aliphatic carbocycles. The van der Waals surface area contributed by atoms with Crippen LogP contribution in [0.15, 0.2) is 6.07 Å². The van der Waals surface area contributed by atoms with Gasteiger partial charge in [-0.1, -0.05) is 0 Å². The Labute approximate surface area is 122 Å². The highest BCUT2D eigenvalue weighted by molar-refractivity contribution is 7.18. The molecule has 3 fully saturated rings. The quantitative estimate of drug-likeness (QED) is 0.886. The van der Waals surface area contributed by atoms with Crippen molar-refractivity contribution in [2.45, 2.75) is 25.8 Å². The van der Waals surface area contributed by atoms with Gasteiger partial charge in [0.15, 0.2) is 0 Å². The van der Waals surface area contributed by atoms with Crippen LogP contribution in [0.2, 0.25) is 0 Å². The molecular formula is C14H19N5S. The number of rotatable bonds is 2. The van der Waals surface area contributed by atoms with Crippen LogP contribution >= 0.6 is 11.3 Å². The minimum absolute atomic E-state index is 0.364. The van der Waals surface area contributed by atoms with Crippen molar-refractivity contribution in [1.29, 1.82) is 0 Å². The summed E-state index contributed by atoms with van der Waals surface area (Å²) in [5.74, 6) is 2.05. The molecule has 106 valence electrons. The summed E-state index contributed by atoms with van der Waals surface area (Å²) in [4.78, 5) is 13.5. The van der Waals surface area contributed by atoms with Crippen LogP contribution in [0.25, 0.3) is 10.2 Å². The zero-order valence-electron chi connectivity index (χ0n) is 11.6. The number of anilines is 2. The van der Waals surface area contributed by atoms with Crippen LogP contribution in [0, 0.1) is 12.8 Å². The third-order valence-corrected chi connectivity index (χ3v) is 5.46. The van der Waals surface area contributed by atoms with Gasteiger partial charge >= 0.3 is 0 Å². The fourth-order valence-electron chi connectivity index (χ4n) is 3.47. The summed E-state index contributed by atoms with van der Waals surface area (Å²) >= 11 is 1.68.